The highest BCUT2D eigenvalue weighted by atomic mass is 16.4. The van der Waals surface area contributed by atoms with Crippen LogP contribution in [0.5, 0.6) is 0 Å². The van der Waals surface area contributed by atoms with E-state index in [0.29, 0.717) is 6.42 Å². The van der Waals surface area contributed by atoms with Gasteiger partial charge in [0.15, 0.2) is 0 Å². The van der Waals surface area contributed by atoms with E-state index in [0.717, 1.165) is 89.9 Å². The monoisotopic (exact) mass is 572 g/mol. The standard InChI is InChI=1S/C40H60O2/c1-2-3-4-5-6-7-8-9-10-11-12-13-14-15-16-17-18-19-20-21-22-23-24-25-26-27-28-29-30-31-32-33-34-35-36-37-38-39-40(41)42/h3-4,6-7,9-10,12-13,15-16,18-19,21-22,24-25,27-28,30-31H,2,5,8,11,14,17,20,23,26,29,32-39H2,1H3,(H,41,42)/b4-3-,7-6-,10-9-,13-12-,16-15-,19-18-,22-21-,25-24-,28-27-,31-30-. The minimum Gasteiger partial charge on any atom is -0.481 e. The van der Waals surface area contributed by atoms with Crippen LogP contribution >= 0.6 is 0 Å². The molecule has 0 heterocycles. The Hall–Kier alpha value is -3.13. The summed E-state index contributed by atoms with van der Waals surface area (Å²) in [4.78, 5) is 10.5. The van der Waals surface area contributed by atoms with Gasteiger partial charge in [0.05, 0.1) is 0 Å². The number of hydrogen-bond acceptors (Lipinski definition) is 1. The molecule has 0 aromatic carbocycles. The predicted octanol–water partition coefficient (Wildman–Crippen LogP) is 12.7. The predicted molar refractivity (Wildman–Crippen MR) is 188 cm³/mol. The highest BCUT2D eigenvalue weighted by Crippen LogP contribution is 2.09. The number of unbranched alkanes of at least 4 members (excludes halogenated alkanes) is 6. The molecule has 0 spiro atoms. The smallest absolute Gasteiger partial charge is 0.303 e. The summed E-state index contributed by atoms with van der Waals surface area (Å²) in [6.45, 7) is 2.16. The number of allylic oxidation sites excluding steroid dienone is 20. The largest absolute Gasteiger partial charge is 0.481 e. The highest BCUT2D eigenvalue weighted by Gasteiger charge is 1.96. The Labute approximate surface area is 259 Å². The first-order valence-corrected chi connectivity index (χ1v) is 16.5. The topological polar surface area (TPSA) is 37.3 Å². The summed E-state index contributed by atoms with van der Waals surface area (Å²) in [5.74, 6) is -0.675. The molecule has 0 rings (SSSR count). The van der Waals surface area contributed by atoms with Crippen molar-refractivity contribution in [3.8, 4) is 0 Å². The quantitative estimate of drug-likeness (QED) is 0.0747. The zero-order valence-electron chi connectivity index (χ0n) is 26.6. The summed E-state index contributed by atoms with van der Waals surface area (Å²) in [5, 5.41) is 8.62. The van der Waals surface area contributed by atoms with Gasteiger partial charge < -0.3 is 5.11 Å². The molecular weight excluding hydrogens is 512 g/mol. The average molecular weight is 573 g/mol. The fourth-order valence-electron chi connectivity index (χ4n) is 3.97. The van der Waals surface area contributed by atoms with Gasteiger partial charge in [-0.05, 0) is 83.5 Å². The molecule has 0 fully saturated rings. The van der Waals surface area contributed by atoms with Gasteiger partial charge in [0.1, 0.15) is 0 Å². The zero-order valence-corrected chi connectivity index (χ0v) is 26.6. The maximum atomic E-state index is 10.5. The van der Waals surface area contributed by atoms with Crippen molar-refractivity contribution in [3.63, 3.8) is 0 Å². The molecule has 2 nitrogen and oxygen atoms in total. The lowest BCUT2D eigenvalue weighted by Crippen LogP contribution is -1.93. The molecule has 0 aliphatic carbocycles. The Balaban J connectivity index is 3.54. The van der Waals surface area contributed by atoms with E-state index in [-0.39, 0.29) is 0 Å². The molecule has 0 aliphatic rings. The van der Waals surface area contributed by atoms with E-state index in [1.807, 2.05) is 0 Å². The van der Waals surface area contributed by atoms with Crippen LogP contribution in [0.4, 0.5) is 0 Å². The summed E-state index contributed by atoms with van der Waals surface area (Å²) < 4.78 is 0. The molecule has 42 heavy (non-hydrogen) atoms. The molecule has 0 aliphatic heterocycles. The first kappa shape index (κ1) is 38.9. The second-order valence-corrected chi connectivity index (χ2v) is 10.3. The van der Waals surface area contributed by atoms with E-state index in [2.05, 4.69) is 128 Å². The van der Waals surface area contributed by atoms with Crippen LogP contribution in [0, 0.1) is 0 Å². The van der Waals surface area contributed by atoms with Crippen molar-refractivity contribution < 1.29 is 9.90 Å². The third-order valence-corrected chi connectivity index (χ3v) is 6.36. The minimum atomic E-state index is -0.675. The van der Waals surface area contributed by atoms with Crippen molar-refractivity contribution in [2.45, 2.75) is 122 Å². The Morgan fingerprint density at radius 1 is 0.381 bits per heavy atom. The van der Waals surface area contributed by atoms with Crippen molar-refractivity contribution in [3.05, 3.63) is 122 Å². The van der Waals surface area contributed by atoms with E-state index in [1.54, 1.807) is 0 Å². The Kier molecular flexibility index (Phi) is 33.2. The first-order valence-electron chi connectivity index (χ1n) is 16.5. The lowest BCUT2D eigenvalue weighted by Gasteiger charge is -1.99. The normalized spacial score (nSPS) is 13.4. The van der Waals surface area contributed by atoms with Gasteiger partial charge in [-0.2, -0.15) is 0 Å². The molecule has 1 N–H and O–H groups in total. The lowest BCUT2D eigenvalue weighted by atomic mass is 10.1. The Morgan fingerprint density at radius 3 is 0.952 bits per heavy atom. The average Bonchev–Trinajstić information content (AvgIpc) is 2.98. The van der Waals surface area contributed by atoms with Gasteiger partial charge in [-0.3, -0.25) is 4.79 Å². The second kappa shape index (κ2) is 35.9. The van der Waals surface area contributed by atoms with Crippen LogP contribution < -0.4 is 0 Å². The van der Waals surface area contributed by atoms with Crippen LogP contribution in [0.3, 0.4) is 0 Å². The van der Waals surface area contributed by atoms with Gasteiger partial charge in [0, 0.05) is 6.42 Å². The van der Waals surface area contributed by atoms with Crippen molar-refractivity contribution in [2.24, 2.45) is 0 Å². The number of carbonyl (C=O) groups is 1. The van der Waals surface area contributed by atoms with Crippen molar-refractivity contribution in [2.75, 3.05) is 0 Å². The molecule has 0 aromatic rings. The maximum Gasteiger partial charge on any atom is 0.303 e. The maximum absolute atomic E-state index is 10.5. The number of carboxylic acids is 1. The summed E-state index contributed by atoms with van der Waals surface area (Å²) >= 11 is 0. The molecule has 0 atom stereocenters. The van der Waals surface area contributed by atoms with Gasteiger partial charge in [-0.1, -0.05) is 154 Å². The zero-order chi connectivity index (χ0) is 30.4. The minimum absolute atomic E-state index is 0.314. The van der Waals surface area contributed by atoms with Crippen molar-refractivity contribution >= 4 is 5.97 Å². The molecular formula is C40H60O2. The van der Waals surface area contributed by atoms with Gasteiger partial charge >= 0.3 is 5.97 Å². The van der Waals surface area contributed by atoms with Crippen molar-refractivity contribution in [1.82, 2.24) is 0 Å². The van der Waals surface area contributed by atoms with E-state index in [1.165, 1.54) is 19.3 Å². The molecule has 0 saturated carbocycles. The van der Waals surface area contributed by atoms with Crippen LogP contribution in [0.25, 0.3) is 0 Å². The molecule has 0 radical (unpaired) electrons. The highest BCUT2D eigenvalue weighted by molar-refractivity contribution is 5.66. The second-order valence-electron chi connectivity index (χ2n) is 10.3. The third kappa shape index (κ3) is 36.9. The fraction of sp³-hybridized carbons (Fsp3) is 0.475. The van der Waals surface area contributed by atoms with Crippen LogP contribution in [0.1, 0.15) is 122 Å². The van der Waals surface area contributed by atoms with Crippen LogP contribution in [-0.4, -0.2) is 11.1 Å². The van der Waals surface area contributed by atoms with Gasteiger partial charge in [0.2, 0.25) is 0 Å². The summed E-state index contributed by atoms with van der Waals surface area (Å²) in [6, 6.07) is 0. The molecule has 0 unspecified atom stereocenters. The van der Waals surface area contributed by atoms with E-state index >= 15 is 0 Å². The van der Waals surface area contributed by atoms with Crippen LogP contribution in [0.15, 0.2) is 122 Å². The number of hydrogen-bond donors (Lipinski definition) is 1. The summed E-state index contributed by atoms with van der Waals surface area (Å²) in [5.41, 5.74) is 0. The van der Waals surface area contributed by atoms with Crippen LogP contribution in [0.2, 0.25) is 0 Å². The van der Waals surface area contributed by atoms with Crippen LogP contribution in [-0.2, 0) is 4.79 Å². The molecule has 0 amide bonds. The first-order chi connectivity index (χ1) is 20.8. The van der Waals surface area contributed by atoms with Gasteiger partial charge in [-0.15, -0.1) is 0 Å². The van der Waals surface area contributed by atoms with E-state index in [4.69, 9.17) is 5.11 Å². The fourth-order valence-corrected chi connectivity index (χ4v) is 3.97. The van der Waals surface area contributed by atoms with Gasteiger partial charge in [-0.25, -0.2) is 0 Å². The molecule has 232 valence electrons. The van der Waals surface area contributed by atoms with E-state index in [9.17, 15) is 4.79 Å². The Bertz CT molecular complexity index is 887. The molecule has 0 aromatic heterocycles. The molecule has 0 bridgehead atoms. The number of rotatable bonds is 28. The summed E-state index contributed by atoms with van der Waals surface area (Å²) in [7, 11) is 0. The van der Waals surface area contributed by atoms with Gasteiger partial charge in [0.25, 0.3) is 0 Å². The third-order valence-electron chi connectivity index (χ3n) is 6.36. The lowest BCUT2D eigenvalue weighted by molar-refractivity contribution is -0.137. The Morgan fingerprint density at radius 2 is 0.643 bits per heavy atom. The SMILES string of the molecule is CC/C=C\C/C=C\C/C=C\C/C=C\C/C=C\C/C=C\C/C=C\C/C=C\C/C=C\C/C=C\CCCCCCCCC(=O)O. The molecule has 2 heteroatoms. The van der Waals surface area contributed by atoms with E-state index < -0.39 is 5.97 Å². The van der Waals surface area contributed by atoms with Crippen molar-refractivity contribution in [1.29, 1.82) is 0 Å². The number of aliphatic carboxylic acids is 1. The summed E-state index contributed by atoms with van der Waals surface area (Å²) in [6.07, 6.45) is 63.1. The number of carboxylic acid groups (broad SMARTS) is 1. The molecule has 0 saturated heterocycles.